The second-order valence-electron chi connectivity index (χ2n) is 6.02. The van der Waals surface area contributed by atoms with Gasteiger partial charge >= 0.3 is 0 Å². The molecule has 0 aromatic heterocycles. The topological polar surface area (TPSA) is 75.6 Å². The first-order valence-electron chi connectivity index (χ1n) is 7.04. The normalized spacial score (nSPS) is 29.6. The lowest BCUT2D eigenvalue weighted by Gasteiger charge is -2.44. The molecule has 2 atom stereocenters. The Morgan fingerprint density at radius 3 is 2.83 bits per heavy atom. The number of carbonyl (C=O) groups is 1. The molecule has 0 radical (unpaired) electrons. The molecule has 0 aromatic carbocycles. The number of nitrogens with two attached hydrogens (primary N) is 2. The highest BCUT2D eigenvalue weighted by Gasteiger charge is 2.31. The van der Waals surface area contributed by atoms with Crippen molar-refractivity contribution in [2.75, 3.05) is 32.7 Å². The maximum atomic E-state index is 11.2. The van der Waals surface area contributed by atoms with Gasteiger partial charge < -0.3 is 16.4 Å². The van der Waals surface area contributed by atoms with E-state index in [9.17, 15) is 4.79 Å². The number of nitrogens with zero attached hydrogens (tertiary/aromatic N) is 2. The van der Waals surface area contributed by atoms with Crippen molar-refractivity contribution in [3.8, 4) is 0 Å². The third-order valence-corrected chi connectivity index (χ3v) is 4.43. The molecule has 1 amide bonds. The molecule has 0 bridgehead atoms. The van der Waals surface area contributed by atoms with Gasteiger partial charge in [-0.1, -0.05) is 6.42 Å². The first-order valence-corrected chi connectivity index (χ1v) is 7.04. The molecule has 2 fully saturated rings. The van der Waals surface area contributed by atoms with Crippen molar-refractivity contribution in [3.05, 3.63) is 0 Å². The lowest BCUT2D eigenvalue weighted by molar-refractivity contribution is -0.123. The van der Waals surface area contributed by atoms with Crippen LogP contribution in [0.2, 0.25) is 0 Å². The minimum Gasteiger partial charge on any atom is -0.368 e. The molecule has 0 saturated carbocycles. The van der Waals surface area contributed by atoms with Crippen LogP contribution in [0.5, 0.6) is 0 Å². The van der Waals surface area contributed by atoms with Gasteiger partial charge in [-0.25, -0.2) is 0 Å². The standard InChI is InChI=1S/C13H26N4O/c1-13(15,12(14)18)5-7-16-8-9-17-6-3-2-4-11(17)10-16/h11H,2-10,15H2,1H3,(H2,14,18). The number of fused-ring (bicyclic) bond motifs is 1. The third-order valence-electron chi connectivity index (χ3n) is 4.43. The summed E-state index contributed by atoms with van der Waals surface area (Å²) in [5, 5.41) is 0. The van der Waals surface area contributed by atoms with Crippen molar-refractivity contribution in [1.29, 1.82) is 0 Å². The largest absolute Gasteiger partial charge is 0.368 e. The van der Waals surface area contributed by atoms with Crippen LogP contribution in [-0.2, 0) is 4.79 Å². The van der Waals surface area contributed by atoms with Crippen molar-refractivity contribution in [2.24, 2.45) is 11.5 Å². The minimum atomic E-state index is -0.871. The summed E-state index contributed by atoms with van der Waals surface area (Å²) in [6, 6.07) is 0.713. The van der Waals surface area contributed by atoms with Gasteiger partial charge in [0.05, 0.1) is 5.54 Å². The third kappa shape index (κ3) is 3.22. The summed E-state index contributed by atoms with van der Waals surface area (Å²) in [4.78, 5) is 16.2. The first-order chi connectivity index (χ1) is 8.49. The van der Waals surface area contributed by atoms with Gasteiger partial charge in [-0.2, -0.15) is 0 Å². The molecule has 2 saturated heterocycles. The quantitative estimate of drug-likeness (QED) is 0.725. The molecule has 0 spiro atoms. The van der Waals surface area contributed by atoms with Crippen LogP contribution in [0.25, 0.3) is 0 Å². The number of carbonyl (C=O) groups excluding carboxylic acids is 1. The number of rotatable bonds is 4. The molecule has 2 unspecified atom stereocenters. The van der Waals surface area contributed by atoms with Gasteiger partial charge in [-0.3, -0.25) is 9.69 Å². The van der Waals surface area contributed by atoms with Gasteiger partial charge in [0, 0.05) is 32.2 Å². The fourth-order valence-electron chi connectivity index (χ4n) is 2.94. The molecule has 0 aromatic rings. The van der Waals surface area contributed by atoms with E-state index in [1.807, 2.05) is 0 Å². The molecule has 2 rings (SSSR count). The summed E-state index contributed by atoms with van der Waals surface area (Å²) in [7, 11) is 0. The number of hydrogen-bond donors (Lipinski definition) is 2. The summed E-state index contributed by atoms with van der Waals surface area (Å²) < 4.78 is 0. The van der Waals surface area contributed by atoms with Crippen LogP contribution < -0.4 is 11.5 Å². The summed E-state index contributed by atoms with van der Waals surface area (Å²) in [5.74, 6) is -0.404. The lowest BCUT2D eigenvalue weighted by atomic mass is 9.96. The van der Waals surface area contributed by atoms with E-state index in [2.05, 4.69) is 9.80 Å². The Balaban J connectivity index is 1.79. The summed E-state index contributed by atoms with van der Waals surface area (Å²) >= 11 is 0. The highest BCUT2D eigenvalue weighted by molar-refractivity contribution is 5.83. The fraction of sp³-hybridized carbons (Fsp3) is 0.923. The molecule has 18 heavy (non-hydrogen) atoms. The highest BCUT2D eigenvalue weighted by Crippen LogP contribution is 2.21. The first kappa shape index (κ1) is 13.8. The van der Waals surface area contributed by atoms with E-state index >= 15 is 0 Å². The van der Waals surface area contributed by atoms with Gasteiger partial charge in [0.25, 0.3) is 0 Å². The van der Waals surface area contributed by atoms with E-state index in [-0.39, 0.29) is 0 Å². The Hall–Kier alpha value is -0.650. The summed E-state index contributed by atoms with van der Waals surface area (Å²) in [6.07, 6.45) is 4.66. The van der Waals surface area contributed by atoms with E-state index in [1.165, 1.54) is 25.8 Å². The monoisotopic (exact) mass is 254 g/mol. The highest BCUT2D eigenvalue weighted by atomic mass is 16.1. The second-order valence-corrected chi connectivity index (χ2v) is 6.02. The van der Waals surface area contributed by atoms with Crippen molar-refractivity contribution in [3.63, 3.8) is 0 Å². The van der Waals surface area contributed by atoms with Crippen LogP contribution >= 0.6 is 0 Å². The van der Waals surface area contributed by atoms with E-state index in [0.717, 1.165) is 26.2 Å². The fourth-order valence-corrected chi connectivity index (χ4v) is 2.94. The SMILES string of the molecule is CC(N)(CCN1CCN2CCCCC2C1)C(N)=O. The lowest BCUT2D eigenvalue weighted by Crippen LogP contribution is -2.57. The van der Waals surface area contributed by atoms with Gasteiger partial charge in [0.1, 0.15) is 0 Å². The molecule has 5 nitrogen and oxygen atoms in total. The molecule has 2 aliphatic rings. The van der Waals surface area contributed by atoms with Gasteiger partial charge in [-0.05, 0) is 32.7 Å². The van der Waals surface area contributed by atoms with E-state index in [1.54, 1.807) is 6.92 Å². The van der Waals surface area contributed by atoms with E-state index in [0.29, 0.717) is 12.5 Å². The number of amides is 1. The number of piperidine rings is 1. The second kappa shape index (κ2) is 5.55. The number of piperazine rings is 1. The Morgan fingerprint density at radius 1 is 1.33 bits per heavy atom. The maximum absolute atomic E-state index is 11.2. The van der Waals surface area contributed by atoms with E-state index < -0.39 is 11.4 Å². The Bertz CT molecular complexity index is 305. The average molecular weight is 254 g/mol. The van der Waals surface area contributed by atoms with E-state index in [4.69, 9.17) is 11.5 Å². The van der Waals surface area contributed by atoms with Crippen LogP contribution in [0.1, 0.15) is 32.6 Å². The molecule has 104 valence electrons. The summed E-state index contributed by atoms with van der Waals surface area (Å²) in [5.41, 5.74) is 10.3. The molecule has 4 N–H and O–H groups in total. The average Bonchev–Trinajstić information content (AvgIpc) is 2.36. The Morgan fingerprint density at radius 2 is 2.11 bits per heavy atom. The molecule has 0 aliphatic carbocycles. The summed E-state index contributed by atoms with van der Waals surface area (Å²) in [6.45, 7) is 7.23. The molecular formula is C13H26N4O. The van der Waals surface area contributed by atoms with Gasteiger partial charge in [-0.15, -0.1) is 0 Å². The number of primary amides is 1. The zero-order chi connectivity index (χ0) is 13.2. The predicted molar refractivity (Wildman–Crippen MR) is 72.1 cm³/mol. The van der Waals surface area contributed by atoms with Crippen molar-refractivity contribution < 1.29 is 4.79 Å². The van der Waals surface area contributed by atoms with Crippen LogP contribution in [0.15, 0.2) is 0 Å². The zero-order valence-corrected chi connectivity index (χ0v) is 11.4. The Labute approximate surface area is 109 Å². The molecule has 2 aliphatic heterocycles. The molecule has 5 heteroatoms. The molecule has 2 heterocycles. The van der Waals surface area contributed by atoms with Crippen LogP contribution in [0.4, 0.5) is 0 Å². The number of hydrogen-bond acceptors (Lipinski definition) is 4. The predicted octanol–water partition coefficient (Wildman–Crippen LogP) is -0.251. The van der Waals surface area contributed by atoms with Crippen molar-refractivity contribution in [1.82, 2.24) is 9.80 Å². The smallest absolute Gasteiger partial charge is 0.237 e. The molecular weight excluding hydrogens is 228 g/mol. The maximum Gasteiger partial charge on any atom is 0.237 e. The van der Waals surface area contributed by atoms with Crippen molar-refractivity contribution >= 4 is 5.91 Å². The minimum absolute atomic E-state index is 0.404. The Kier molecular flexibility index (Phi) is 4.25. The van der Waals surface area contributed by atoms with Crippen LogP contribution in [-0.4, -0.2) is 60.0 Å². The van der Waals surface area contributed by atoms with Crippen molar-refractivity contribution in [2.45, 2.75) is 44.2 Å². The zero-order valence-electron chi connectivity index (χ0n) is 11.4. The van der Waals surface area contributed by atoms with Gasteiger partial charge in [0.15, 0.2) is 0 Å². The van der Waals surface area contributed by atoms with Crippen LogP contribution in [0, 0.1) is 0 Å². The van der Waals surface area contributed by atoms with Crippen LogP contribution in [0.3, 0.4) is 0 Å². The van der Waals surface area contributed by atoms with Gasteiger partial charge in [0.2, 0.25) is 5.91 Å².